The molecule has 0 bridgehead atoms. The van der Waals surface area contributed by atoms with Gasteiger partial charge in [-0.2, -0.15) is 0 Å². The van der Waals surface area contributed by atoms with Gasteiger partial charge in [0.15, 0.2) is 0 Å². The number of fused-ring (bicyclic) bond motifs is 6. The van der Waals surface area contributed by atoms with Crippen LogP contribution in [0.1, 0.15) is 46.2 Å². The van der Waals surface area contributed by atoms with Crippen LogP contribution in [0, 0.1) is 0 Å². The first-order chi connectivity index (χ1) is 17.6. The zero-order chi connectivity index (χ0) is 24.6. The summed E-state index contributed by atoms with van der Waals surface area (Å²) in [5, 5.41) is 12.3. The van der Waals surface area contributed by atoms with E-state index in [1.165, 1.54) is 11.1 Å². The summed E-state index contributed by atoms with van der Waals surface area (Å²) in [4.78, 5) is 24.5. The average molecular weight is 476 g/mol. The number of alkyl carbamates (subject to hydrolysis) is 1. The van der Waals surface area contributed by atoms with Crippen molar-refractivity contribution in [3.05, 3.63) is 119 Å². The Morgan fingerprint density at radius 3 is 2.11 bits per heavy atom. The molecule has 36 heavy (non-hydrogen) atoms. The van der Waals surface area contributed by atoms with Crippen molar-refractivity contribution >= 4 is 12.1 Å². The van der Waals surface area contributed by atoms with Gasteiger partial charge < -0.3 is 15.2 Å². The van der Waals surface area contributed by atoms with Gasteiger partial charge in [-0.05, 0) is 56.5 Å². The third-order valence-corrected chi connectivity index (χ3v) is 7.23. The van der Waals surface area contributed by atoms with Crippen LogP contribution < -0.4 is 5.32 Å². The van der Waals surface area contributed by atoms with Crippen LogP contribution in [0.2, 0.25) is 0 Å². The fourth-order valence-corrected chi connectivity index (χ4v) is 5.59. The Hall–Kier alpha value is -4.38. The molecule has 6 rings (SSSR count). The number of hydrogen-bond donors (Lipinski definition) is 2. The van der Waals surface area contributed by atoms with Gasteiger partial charge in [0.2, 0.25) is 0 Å². The zero-order valence-electron chi connectivity index (χ0n) is 19.6. The van der Waals surface area contributed by atoms with Gasteiger partial charge in [-0.3, -0.25) is 4.79 Å². The third kappa shape index (κ3) is 3.93. The maximum absolute atomic E-state index is 12.9. The van der Waals surface area contributed by atoms with Crippen LogP contribution in [-0.4, -0.2) is 23.8 Å². The second kappa shape index (κ2) is 9.00. The number of rotatable bonds is 6. The molecule has 0 aromatic heterocycles. The summed E-state index contributed by atoms with van der Waals surface area (Å²) < 4.78 is 5.67. The quantitative estimate of drug-likeness (QED) is 0.302. The molecule has 0 saturated carbocycles. The molecule has 1 atom stereocenters. The van der Waals surface area contributed by atoms with Crippen molar-refractivity contribution in [1.29, 1.82) is 0 Å². The van der Waals surface area contributed by atoms with E-state index in [-0.39, 0.29) is 18.9 Å². The summed E-state index contributed by atoms with van der Waals surface area (Å²) in [6.07, 6.45) is -0.0492. The summed E-state index contributed by atoms with van der Waals surface area (Å²) in [7, 11) is 0. The Morgan fingerprint density at radius 1 is 0.806 bits per heavy atom. The molecular formula is C31H25NO4. The molecule has 1 amide bonds. The lowest BCUT2D eigenvalue weighted by atomic mass is 9.97. The van der Waals surface area contributed by atoms with Gasteiger partial charge in [-0.15, -0.1) is 0 Å². The van der Waals surface area contributed by atoms with Gasteiger partial charge >= 0.3 is 12.1 Å². The molecule has 0 radical (unpaired) electrons. The fraction of sp³-hybridized carbons (Fsp3) is 0.161. The summed E-state index contributed by atoms with van der Waals surface area (Å²) in [6, 6.07) is 29.8. The van der Waals surface area contributed by atoms with Crippen molar-refractivity contribution in [1.82, 2.24) is 5.32 Å². The van der Waals surface area contributed by atoms with Crippen LogP contribution >= 0.6 is 0 Å². The summed E-state index contributed by atoms with van der Waals surface area (Å²) in [6.45, 7) is 0.180. The molecule has 2 aliphatic rings. The molecule has 4 aromatic carbocycles. The molecule has 2 N–H and O–H groups in total. The summed E-state index contributed by atoms with van der Waals surface area (Å²) >= 11 is 0. The standard InChI is InChI=1S/C31H25NO4/c33-30(34)17-29(20-13-14-23-21(16-20)15-19-7-1-2-8-22(19)23)32-31(35)36-18-28-26-11-5-3-9-24(26)25-10-4-6-12-27(25)28/h1-14,16,28-29H,15,17-18H2,(H,32,35)(H,33,34). The first-order valence-corrected chi connectivity index (χ1v) is 12.1. The molecule has 5 heteroatoms. The maximum Gasteiger partial charge on any atom is 0.407 e. The van der Waals surface area contributed by atoms with Crippen LogP contribution in [0.15, 0.2) is 91.0 Å². The number of ether oxygens (including phenoxy) is 1. The van der Waals surface area contributed by atoms with E-state index in [1.54, 1.807) is 0 Å². The minimum Gasteiger partial charge on any atom is -0.481 e. The fourth-order valence-electron chi connectivity index (χ4n) is 5.59. The van der Waals surface area contributed by atoms with E-state index in [1.807, 2.05) is 54.6 Å². The van der Waals surface area contributed by atoms with Crippen molar-refractivity contribution in [2.24, 2.45) is 0 Å². The molecule has 5 nitrogen and oxygen atoms in total. The van der Waals surface area contributed by atoms with Crippen molar-refractivity contribution < 1.29 is 19.4 Å². The third-order valence-electron chi connectivity index (χ3n) is 7.23. The number of aliphatic carboxylic acids is 1. The zero-order valence-corrected chi connectivity index (χ0v) is 19.6. The van der Waals surface area contributed by atoms with Crippen LogP contribution in [-0.2, 0) is 16.0 Å². The van der Waals surface area contributed by atoms with Crippen molar-refractivity contribution in [2.45, 2.75) is 24.8 Å². The lowest BCUT2D eigenvalue weighted by molar-refractivity contribution is -0.137. The molecule has 4 aromatic rings. The predicted octanol–water partition coefficient (Wildman–Crippen LogP) is 6.31. The largest absolute Gasteiger partial charge is 0.481 e. The number of carbonyl (C=O) groups excluding carboxylic acids is 1. The molecule has 1 unspecified atom stereocenters. The highest BCUT2D eigenvalue weighted by atomic mass is 16.5. The highest BCUT2D eigenvalue weighted by Gasteiger charge is 2.30. The molecule has 178 valence electrons. The number of carbonyl (C=O) groups is 2. The number of nitrogens with one attached hydrogen (secondary N) is 1. The van der Waals surface area contributed by atoms with E-state index in [2.05, 4.69) is 41.7 Å². The summed E-state index contributed by atoms with van der Waals surface area (Å²) in [5.74, 6) is -1.04. The van der Waals surface area contributed by atoms with Crippen LogP contribution in [0.25, 0.3) is 22.3 Å². The molecule has 0 saturated heterocycles. The monoisotopic (exact) mass is 475 g/mol. The first-order valence-electron chi connectivity index (χ1n) is 12.1. The number of hydrogen-bond acceptors (Lipinski definition) is 3. The molecule has 0 heterocycles. The van der Waals surface area contributed by atoms with Crippen LogP contribution in [0.5, 0.6) is 0 Å². The second-order valence-electron chi connectivity index (χ2n) is 9.37. The van der Waals surface area contributed by atoms with E-state index >= 15 is 0 Å². The molecule has 0 fully saturated rings. The second-order valence-corrected chi connectivity index (χ2v) is 9.37. The molecule has 2 aliphatic carbocycles. The minimum absolute atomic E-state index is 0.0560. The average Bonchev–Trinajstić information content (AvgIpc) is 3.42. The van der Waals surface area contributed by atoms with Gasteiger partial charge in [-0.1, -0.05) is 91.0 Å². The first kappa shape index (κ1) is 22.1. The topological polar surface area (TPSA) is 75.6 Å². The highest BCUT2D eigenvalue weighted by molar-refractivity contribution is 5.80. The number of carboxylic acids is 1. The molecular weight excluding hydrogens is 450 g/mol. The lowest BCUT2D eigenvalue weighted by Crippen LogP contribution is -2.31. The Balaban J connectivity index is 1.19. The molecule has 0 spiro atoms. The predicted molar refractivity (Wildman–Crippen MR) is 138 cm³/mol. The van der Waals surface area contributed by atoms with Crippen molar-refractivity contribution in [3.8, 4) is 22.3 Å². The molecule has 0 aliphatic heterocycles. The number of benzene rings is 4. The number of carboxylic acid groups (broad SMARTS) is 1. The van der Waals surface area contributed by atoms with Gasteiger partial charge in [0, 0.05) is 5.92 Å². The van der Waals surface area contributed by atoms with E-state index in [4.69, 9.17) is 4.74 Å². The Bertz CT molecular complexity index is 1450. The Kier molecular flexibility index (Phi) is 5.53. The van der Waals surface area contributed by atoms with Crippen molar-refractivity contribution in [3.63, 3.8) is 0 Å². The Morgan fingerprint density at radius 2 is 1.42 bits per heavy atom. The van der Waals surface area contributed by atoms with Gasteiger partial charge in [0.05, 0.1) is 12.5 Å². The smallest absolute Gasteiger partial charge is 0.407 e. The summed E-state index contributed by atoms with van der Waals surface area (Å²) in [5.41, 5.74) is 10.1. The van der Waals surface area contributed by atoms with Crippen LogP contribution in [0.3, 0.4) is 0 Å². The van der Waals surface area contributed by atoms with Gasteiger partial charge in [0.1, 0.15) is 6.61 Å². The van der Waals surface area contributed by atoms with Crippen LogP contribution in [0.4, 0.5) is 4.79 Å². The van der Waals surface area contributed by atoms with E-state index in [0.29, 0.717) is 0 Å². The normalized spacial score (nSPS) is 13.8. The lowest BCUT2D eigenvalue weighted by Gasteiger charge is -2.20. The number of amides is 1. The minimum atomic E-state index is -0.984. The SMILES string of the molecule is O=C(O)CC(NC(=O)OCC1c2ccccc2-c2ccccc21)c1ccc2c(c1)Cc1ccccc1-2. The van der Waals surface area contributed by atoms with Crippen molar-refractivity contribution in [2.75, 3.05) is 6.61 Å². The van der Waals surface area contributed by atoms with E-state index < -0.39 is 18.1 Å². The van der Waals surface area contributed by atoms with Gasteiger partial charge in [0.25, 0.3) is 0 Å². The highest BCUT2D eigenvalue weighted by Crippen LogP contribution is 2.44. The van der Waals surface area contributed by atoms with E-state index in [0.717, 1.165) is 45.4 Å². The maximum atomic E-state index is 12.9. The Labute approximate surface area is 209 Å². The van der Waals surface area contributed by atoms with Gasteiger partial charge in [-0.25, -0.2) is 4.79 Å². The van der Waals surface area contributed by atoms with E-state index in [9.17, 15) is 14.7 Å².